The molecule has 2 aromatic carbocycles. The smallest absolute Gasteiger partial charge is 0.122 e. The van der Waals surface area contributed by atoms with Gasteiger partial charge in [0.25, 0.3) is 0 Å². The van der Waals surface area contributed by atoms with E-state index in [1.54, 1.807) is 7.11 Å². The summed E-state index contributed by atoms with van der Waals surface area (Å²) >= 11 is 0. The van der Waals surface area contributed by atoms with Gasteiger partial charge in [-0.2, -0.15) is 0 Å². The molecule has 2 heteroatoms. The first-order chi connectivity index (χ1) is 8.40. The normalized spacial score (nSPS) is 10.9. The molecule has 0 aliphatic rings. The fourth-order valence-corrected chi connectivity index (χ4v) is 2.92. The third kappa shape index (κ3) is 3.57. The topological polar surface area (TPSA) is 9.23 Å². The SMILES string of the molecule is COc1ccccc1CCPc1ccccc1. The monoisotopic (exact) mass is 244 g/mol. The van der Waals surface area contributed by atoms with Crippen molar-refractivity contribution in [2.24, 2.45) is 0 Å². The number of rotatable bonds is 5. The fourth-order valence-electron chi connectivity index (χ4n) is 1.81. The summed E-state index contributed by atoms with van der Waals surface area (Å²) in [7, 11) is 2.61. The lowest BCUT2D eigenvalue weighted by molar-refractivity contribution is 0.410. The van der Waals surface area contributed by atoms with Gasteiger partial charge in [0.1, 0.15) is 5.75 Å². The van der Waals surface area contributed by atoms with Crippen LogP contribution in [0.15, 0.2) is 54.6 Å². The molecule has 1 nitrogen and oxygen atoms in total. The van der Waals surface area contributed by atoms with Crippen molar-refractivity contribution in [3.05, 3.63) is 60.2 Å². The van der Waals surface area contributed by atoms with Crippen LogP contribution in [-0.2, 0) is 6.42 Å². The zero-order chi connectivity index (χ0) is 11.9. The summed E-state index contributed by atoms with van der Waals surface area (Å²) in [5.74, 6) is 1.00. The van der Waals surface area contributed by atoms with E-state index in [1.165, 1.54) is 17.0 Å². The molecular weight excluding hydrogens is 227 g/mol. The molecule has 88 valence electrons. The van der Waals surface area contributed by atoms with Gasteiger partial charge in [-0.25, -0.2) is 0 Å². The Morgan fingerprint density at radius 2 is 1.65 bits per heavy atom. The largest absolute Gasteiger partial charge is 0.496 e. The lowest BCUT2D eigenvalue weighted by Crippen LogP contribution is -1.97. The van der Waals surface area contributed by atoms with Gasteiger partial charge in [-0.05, 0) is 29.5 Å². The van der Waals surface area contributed by atoms with Crippen molar-refractivity contribution >= 4 is 13.9 Å². The molecule has 0 aliphatic heterocycles. The van der Waals surface area contributed by atoms with Gasteiger partial charge in [0.15, 0.2) is 0 Å². The average molecular weight is 244 g/mol. The van der Waals surface area contributed by atoms with E-state index in [-0.39, 0.29) is 0 Å². The summed E-state index contributed by atoms with van der Waals surface area (Å²) in [6.07, 6.45) is 2.27. The molecule has 0 saturated carbocycles. The van der Waals surface area contributed by atoms with Crippen molar-refractivity contribution in [3.63, 3.8) is 0 Å². The van der Waals surface area contributed by atoms with Gasteiger partial charge < -0.3 is 4.74 Å². The second-order valence-electron chi connectivity index (χ2n) is 3.85. The van der Waals surface area contributed by atoms with Crippen molar-refractivity contribution in [1.29, 1.82) is 0 Å². The summed E-state index contributed by atoms with van der Waals surface area (Å²) in [5, 5.41) is 1.43. The minimum absolute atomic E-state index is 0.872. The van der Waals surface area contributed by atoms with Crippen LogP contribution < -0.4 is 10.0 Å². The molecule has 17 heavy (non-hydrogen) atoms. The summed E-state index contributed by atoms with van der Waals surface area (Å²) < 4.78 is 5.35. The van der Waals surface area contributed by atoms with E-state index >= 15 is 0 Å². The molecule has 0 fully saturated rings. The van der Waals surface area contributed by atoms with Gasteiger partial charge in [0.2, 0.25) is 0 Å². The number of benzene rings is 2. The number of ether oxygens (including phenoxy) is 1. The fraction of sp³-hybridized carbons (Fsp3) is 0.200. The van der Waals surface area contributed by atoms with Gasteiger partial charge >= 0.3 is 0 Å². The van der Waals surface area contributed by atoms with Crippen molar-refractivity contribution in [1.82, 2.24) is 0 Å². The molecule has 0 heterocycles. The molecule has 2 aromatic rings. The highest BCUT2D eigenvalue weighted by atomic mass is 31.1. The molecule has 0 N–H and O–H groups in total. The van der Waals surface area contributed by atoms with Gasteiger partial charge in [-0.1, -0.05) is 57.1 Å². The van der Waals surface area contributed by atoms with Crippen LogP contribution in [0.25, 0.3) is 0 Å². The van der Waals surface area contributed by atoms with Crippen molar-refractivity contribution in [3.8, 4) is 5.75 Å². The predicted molar refractivity (Wildman–Crippen MR) is 76.0 cm³/mol. The maximum absolute atomic E-state index is 5.35. The molecule has 1 atom stereocenters. The molecule has 0 bridgehead atoms. The van der Waals surface area contributed by atoms with Gasteiger partial charge in [-0.15, -0.1) is 0 Å². The molecule has 0 amide bonds. The van der Waals surface area contributed by atoms with Crippen molar-refractivity contribution in [2.45, 2.75) is 6.42 Å². The molecule has 1 unspecified atom stereocenters. The van der Waals surface area contributed by atoms with E-state index < -0.39 is 0 Å². The van der Waals surface area contributed by atoms with Crippen LogP contribution >= 0.6 is 8.58 Å². The molecule has 0 aromatic heterocycles. The molecule has 2 rings (SSSR count). The Morgan fingerprint density at radius 3 is 2.41 bits per heavy atom. The first-order valence-electron chi connectivity index (χ1n) is 5.81. The Hall–Kier alpha value is -1.33. The zero-order valence-corrected chi connectivity index (χ0v) is 11.0. The number of aryl methyl sites for hydroxylation is 1. The Balaban J connectivity index is 1.90. The van der Waals surface area contributed by atoms with E-state index in [4.69, 9.17) is 4.74 Å². The highest BCUT2D eigenvalue weighted by molar-refractivity contribution is 7.47. The van der Waals surface area contributed by atoms with E-state index in [1.807, 2.05) is 12.1 Å². The van der Waals surface area contributed by atoms with Gasteiger partial charge in [0, 0.05) is 0 Å². The highest BCUT2D eigenvalue weighted by Gasteiger charge is 2.01. The van der Waals surface area contributed by atoms with E-state index in [2.05, 4.69) is 42.5 Å². The van der Waals surface area contributed by atoms with Crippen molar-refractivity contribution < 1.29 is 4.74 Å². The zero-order valence-electron chi connectivity index (χ0n) is 10.0. The molecular formula is C15H17OP. The lowest BCUT2D eigenvalue weighted by atomic mass is 10.1. The number of hydrogen-bond acceptors (Lipinski definition) is 1. The second-order valence-corrected chi connectivity index (χ2v) is 5.29. The Bertz CT molecular complexity index is 453. The quantitative estimate of drug-likeness (QED) is 0.734. The molecule has 0 saturated heterocycles. The summed E-state index contributed by atoms with van der Waals surface area (Å²) in [5.41, 5.74) is 1.30. The van der Waals surface area contributed by atoms with E-state index in [9.17, 15) is 0 Å². The summed E-state index contributed by atoms with van der Waals surface area (Å²) in [4.78, 5) is 0. The maximum Gasteiger partial charge on any atom is 0.122 e. The summed E-state index contributed by atoms with van der Waals surface area (Å²) in [6, 6.07) is 18.9. The Morgan fingerprint density at radius 1 is 0.941 bits per heavy atom. The van der Waals surface area contributed by atoms with E-state index in [0.29, 0.717) is 0 Å². The first kappa shape index (κ1) is 12.1. The average Bonchev–Trinajstić information content (AvgIpc) is 2.40. The van der Waals surface area contributed by atoms with Crippen LogP contribution in [0.3, 0.4) is 0 Å². The molecule has 0 spiro atoms. The summed E-state index contributed by atoms with van der Waals surface area (Å²) in [6.45, 7) is 0. The molecule has 0 aliphatic carbocycles. The van der Waals surface area contributed by atoms with Crippen LogP contribution in [0.4, 0.5) is 0 Å². The first-order valence-corrected chi connectivity index (χ1v) is 7.01. The van der Waals surface area contributed by atoms with Crippen LogP contribution in [0, 0.1) is 0 Å². The Kier molecular flexibility index (Phi) is 4.58. The third-order valence-electron chi connectivity index (χ3n) is 2.69. The van der Waals surface area contributed by atoms with E-state index in [0.717, 1.165) is 20.8 Å². The van der Waals surface area contributed by atoms with Crippen LogP contribution in [0.5, 0.6) is 5.75 Å². The minimum Gasteiger partial charge on any atom is -0.496 e. The van der Waals surface area contributed by atoms with Crippen LogP contribution in [-0.4, -0.2) is 13.3 Å². The van der Waals surface area contributed by atoms with Crippen molar-refractivity contribution in [2.75, 3.05) is 13.3 Å². The third-order valence-corrected chi connectivity index (χ3v) is 3.93. The molecule has 0 radical (unpaired) electrons. The predicted octanol–water partition coefficient (Wildman–Crippen LogP) is 3.24. The maximum atomic E-state index is 5.35. The second kappa shape index (κ2) is 6.42. The number of para-hydroxylation sites is 1. The van der Waals surface area contributed by atoms with Crippen LogP contribution in [0.2, 0.25) is 0 Å². The number of methoxy groups -OCH3 is 1. The minimum atomic E-state index is 0.872. The standard InChI is InChI=1S/C15H17OP/c1-16-15-10-6-5-7-13(15)11-12-17-14-8-3-2-4-9-14/h2-10,17H,11-12H2,1H3. The van der Waals surface area contributed by atoms with Crippen LogP contribution in [0.1, 0.15) is 5.56 Å². The van der Waals surface area contributed by atoms with Gasteiger partial charge in [0.05, 0.1) is 7.11 Å². The van der Waals surface area contributed by atoms with Gasteiger partial charge in [-0.3, -0.25) is 0 Å². The lowest BCUT2D eigenvalue weighted by Gasteiger charge is -2.07. The highest BCUT2D eigenvalue weighted by Crippen LogP contribution is 2.20. The number of hydrogen-bond donors (Lipinski definition) is 0. The Labute approximate surface area is 105 Å².